The van der Waals surface area contributed by atoms with Crippen molar-refractivity contribution in [3.8, 4) is 11.5 Å². The molecular formula is C20H15NO7. The molecule has 2 aromatic carbocycles. The van der Waals surface area contributed by atoms with Gasteiger partial charge in [0.25, 0.3) is 5.91 Å². The van der Waals surface area contributed by atoms with Crippen LogP contribution in [0.5, 0.6) is 11.5 Å². The van der Waals surface area contributed by atoms with Crippen LogP contribution in [0.1, 0.15) is 15.9 Å². The third kappa shape index (κ3) is 4.25. The molecule has 28 heavy (non-hydrogen) atoms. The monoisotopic (exact) mass is 381 g/mol. The van der Waals surface area contributed by atoms with Gasteiger partial charge in [-0.25, -0.2) is 15.1 Å². The SMILES string of the molecule is COc1ccc2cc(C(=O)Oc3cccc(/C=C/C(=O)NO)c3)c(=O)oc2c1. The summed E-state index contributed by atoms with van der Waals surface area (Å²) >= 11 is 0. The minimum atomic E-state index is -0.874. The Morgan fingerprint density at radius 1 is 1.11 bits per heavy atom. The second-order valence-corrected chi connectivity index (χ2v) is 5.62. The molecule has 0 saturated heterocycles. The number of esters is 1. The first-order chi connectivity index (χ1) is 13.5. The molecule has 1 amide bonds. The Kier molecular flexibility index (Phi) is 5.52. The van der Waals surface area contributed by atoms with Crippen molar-refractivity contribution in [2.24, 2.45) is 0 Å². The second-order valence-electron chi connectivity index (χ2n) is 5.62. The Hall–Kier alpha value is -3.91. The van der Waals surface area contributed by atoms with E-state index < -0.39 is 17.5 Å². The second kappa shape index (κ2) is 8.19. The number of hydroxylamine groups is 1. The van der Waals surface area contributed by atoms with E-state index in [-0.39, 0.29) is 16.9 Å². The lowest BCUT2D eigenvalue weighted by atomic mass is 10.1. The quantitative estimate of drug-likeness (QED) is 0.174. The van der Waals surface area contributed by atoms with Crippen LogP contribution in [0.25, 0.3) is 17.0 Å². The highest BCUT2D eigenvalue weighted by Crippen LogP contribution is 2.21. The highest BCUT2D eigenvalue weighted by molar-refractivity contribution is 5.94. The molecular weight excluding hydrogens is 366 g/mol. The van der Waals surface area contributed by atoms with Crippen molar-refractivity contribution in [3.05, 3.63) is 76.2 Å². The highest BCUT2D eigenvalue weighted by atomic mass is 16.5. The summed E-state index contributed by atoms with van der Waals surface area (Å²) in [4.78, 5) is 35.6. The van der Waals surface area contributed by atoms with Crippen LogP contribution in [-0.4, -0.2) is 24.2 Å². The summed E-state index contributed by atoms with van der Waals surface area (Å²) in [6.45, 7) is 0. The number of carbonyl (C=O) groups excluding carboxylic acids is 2. The maximum Gasteiger partial charge on any atom is 0.351 e. The summed E-state index contributed by atoms with van der Waals surface area (Å²) in [5, 5.41) is 9.02. The van der Waals surface area contributed by atoms with Crippen molar-refractivity contribution in [2.75, 3.05) is 7.11 Å². The average molecular weight is 381 g/mol. The number of hydrogen-bond acceptors (Lipinski definition) is 7. The minimum absolute atomic E-state index is 0.172. The van der Waals surface area contributed by atoms with Gasteiger partial charge in [0.2, 0.25) is 0 Å². The molecule has 2 N–H and O–H groups in total. The molecule has 0 spiro atoms. The van der Waals surface area contributed by atoms with Gasteiger partial charge >= 0.3 is 11.6 Å². The van der Waals surface area contributed by atoms with Gasteiger partial charge in [-0.1, -0.05) is 12.1 Å². The molecule has 0 bridgehead atoms. The Morgan fingerprint density at radius 2 is 1.93 bits per heavy atom. The van der Waals surface area contributed by atoms with E-state index in [1.165, 1.54) is 36.9 Å². The predicted molar refractivity (Wildman–Crippen MR) is 99.4 cm³/mol. The normalized spacial score (nSPS) is 10.8. The largest absolute Gasteiger partial charge is 0.497 e. The van der Waals surface area contributed by atoms with Crippen LogP contribution in [0.4, 0.5) is 0 Å². The van der Waals surface area contributed by atoms with Gasteiger partial charge in [0.05, 0.1) is 7.11 Å². The molecule has 0 radical (unpaired) electrons. The molecule has 1 heterocycles. The van der Waals surface area contributed by atoms with Gasteiger partial charge in [-0.2, -0.15) is 0 Å². The van der Waals surface area contributed by atoms with Crippen molar-refractivity contribution >= 4 is 28.9 Å². The molecule has 0 saturated carbocycles. The molecule has 0 aliphatic carbocycles. The molecule has 1 aromatic heterocycles. The predicted octanol–water partition coefficient (Wildman–Crippen LogP) is 2.54. The Balaban J connectivity index is 1.85. The zero-order valence-electron chi connectivity index (χ0n) is 14.7. The molecule has 3 rings (SSSR count). The summed E-state index contributed by atoms with van der Waals surface area (Å²) < 4.78 is 15.5. The Labute approximate surface area is 158 Å². The van der Waals surface area contributed by atoms with Gasteiger partial charge in [0.1, 0.15) is 22.6 Å². The third-order valence-electron chi connectivity index (χ3n) is 3.77. The maximum absolute atomic E-state index is 12.4. The fraction of sp³-hybridized carbons (Fsp3) is 0.0500. The molecule has 0 unspecified atom stereocenters. The fourth-order valence-corrected chi connectivity index (χ4v) is 2.41. The number of rotatable bonds is 5. The molecule has 142 valence electrons. The van der Waals surface area contributed by atoms with Crippen LogP contribution in [-0.2, 0) is 4.79 Å². The first kappa shape index (κ1) is 18.9. The Bertz CT molecular complexity index is 1130. The average Bonchev–Trinajstić information content (AvgIpc) is 2.71. The van der Waals surface area contributed by atoms with Crippen molar-refractivity contribution in [2.45, 2.75) is 0 Å². The van der Waals surface area contributed by atoms with Crippen molar-refractivity contribution in [3.63, 3.8) is 0 Å². The summed E-state index contributed by atoms with van der Waals surface area (Å²) in [6, 6.07) is 12.6. The smallest absolute Gasteiger partial charge is 0.351 e. The molecule has 0 fully saturated rings. The number of amides is 1. The lowest BCUT2D eigenvalue weighted by Crippen LogP contribution is -2.18. The number of methoxy groups -OCH3 is 1. The third-order valence-corrected chi connectivity index (χ3v) is 3.77. The van der Waals surface area contributed by atoms with Gasteiger partial charge in [0, 0.05) is 17.5 Å². The van der Waals surface area contributed by atoms with Gasteiger partial charge in [-0.3, -0.25) is 10.0 Å². The summed E-state index contributed by atoms with van der Waals surface area (Å²) in [6.07, 6.45) is 2.52. The van der Waals surface area contributed by atoms with Crippen molar-refractivity contribution < 1.29 is 28.7 Å². The molecule has 8 heteroatoms. The zero-order chi connectivity index (χ0) is 20.1. The fourth-order valence-electron chi connectivity index (χ4n) is 2.41. The van der Waals surface area contributed by atoms with Crippen LogP contribution in [0.3, 0.4) is 0 Å². The van der Waals surface area contributed by atoms with Gasteiger partial charge in [-0.05, 0) is 42.0 Å². The van der Waals surface area contributed by atoms with E-state index in [1.54, 1.807) is 30.3 Å². The first-order valence-corrected chi connectivity index (χ1v) is 8.06. The van der Waals surface area contributed by atoms with Crippen molar-refractivity contribution in [1.29, 1.82) is 0 Å². The lowest BCUT2D eigenvalue weighted by Gasteiger charge is -2.06. The minimum Gasteiger partial charge on any atom is -0.497 e. The zero-order valence-corrected chi connectivity index (χ0v) is 14.7. The number of ether oxygens (including phenoxy) is 2. The molecule has 8 nitrogen and oxygen atoms in total. The summed E-state index contributed by atoms with van der Waals surface area (Å²) in [5.74, 6) is -0.884. The topological polar surface area (TPSA) is 115 Å². The van der Waals surface area contributed by atoms with E-state index in [4.69, 9.17) is 19.1 Å². The van der Waals surface area contributed by atoms with E-state index in [2.05, 4.69) is 0 Å². The number of fused-ring (bicyclic) bond motifs is 1. The first-order valence-electron chi connectivity index (χ1n) is 8.06. The molecule has 3 aromatic rings. The maximum atomic E-state index is 12.4. The van der Waals surface area contributed by atoms with E-state index >= 15 is 0 Å². The number of carbonyl (C=O) groups is 2. The Morgan fingerprint density at radius 3 is 2.68 bits per heavy atom. The van der Waals surface area contributed by atoms with E-state index in [1.807, 2.05) is 0 Å². The molecule has 0 aliphatic heterocycles. The molecule has 0 atom stereocenters. The standard InChI is InChI=1S/C20H15NO7/c1-26-14-7-6-13-10-16(20(24)28-17(13)11-14)19(23)27-15-4-2-3-12(9-15)5-8-18(22)21-25/h2-11,25H,1H3,(H,21,22)/b8-5+. The number of hydrogen-bond donors (Lipinski definition) is 2. The van der Waals surface area contributed by atoms with Crippen LogP contribution in [0.2, 0.25) is 0 Å². The highest BCUT2D eigenvalue weighted by Gasteiger charge is 2.16. The van der Waals surface area contributed by atoms with Gasteiger partial charge in [0.15, 0.2) is 0 Å². The van der Waals surface area contributed by atoms with Gasteiger partial charge in [-0.15, -0.1) is 0 Å². The van der Waals surface area contributed by atoms with Gasteiger partial charge < -0.3 is 13.9 Å². The van der Waals surface area contributed by atoms with Crippen LogP contribution < -0.4 is 20.6 Å². The van der Waals surface area contributed by atoms with E-state index in [9.17, 15) is 14.4 Å². The number of nitrogens with one attached hydrogen (secondary N) is 1. The molecule has 0 aliphatic rings. The summed E-state index contributed by atoms with van der Waals surface area (Å²) in [7, 11) is 1.49. The van der Waals surface area contributed by atoms with E-state index in [0.717, 1.165) is 6.08 Å². The van der Waals surface area contributed by atoms with Crippen LogP contribution in [0.15, 0.2) is 63.8 Å². The lowest BCUT2D eigenvalue weighted by molar-refractivity contribution is -0.124. The van der Waals surface area contributed by atoms with Crippen LogP contribution in [0, 0.1) is 0 Å². The van der Waals surface area contributed by atoms with Crippen LogP contribution >= 0.6 is 0 Å². The van der Waals surface area contributed by atoms with Crippen molar-refractivity contribution in [1.82, 2.24) is 5.48 Å². The van der Waals surface area contributed by atoms with E-state index in [0.29, 0.717) is 16.7 Å². The summed E-state index contributed by atoms with van der Waals surface area (Å²) in [5.41, 5.74) is 1.22. The number of benzene rings is 2.